The van der Waals surface area contributed by atoms with Crippen LogP contribution in [0.1, 0.15) is 19.8 Å². The molecule has 15 heavy (non-hydrogen) atoms. The normalized spacial score (nSPS) is 33.3. The monoisotopic (exact) mass is 228 g/mol. The lowest BCUT2D eigenvalue weighted by molar-refractivity contribution is -0.145. The summed E-state index contributed by atoms with van der Waals surface area (Å²) in [6, 6.07) is 0.529. The minimum absolute atomic E-state index is 0.00431. The molecule has 0 radical (unpaired) electrons. The molecule has 2 aliphatic rings. The van der Waals surface area contributed by atoms with Gasteiger partial charge in [0.1, 0.15) is 0 Å². The molecule has 0 aliphatic carbocycles. The summed E-state index contributed by atoms with van der Waals surface area (Å²) >= 11 is 1.42. The highest BCUT2D eigenvalue weighted by Gasteiger charge is 2.34. The van der Waals surface area contributed by atoms with Crippen LogP contribution in [0.15, 0.2) is 0 Å². The van der Waals surface area contributed by atoms with Crippen molar-refractivity contribution < 1.29 is 9.59 Å². The van der Waals surface area contributed by atoms with E-state index in [1.165, 1.54) is 16.7 Å². The van der Waals surface area contributed by atoms with E-state index in [2.05, 4.69) is 12.2 Å². The molecule has 0 spiro atoms. The highest BCUT2D eigenvalue weighted by Crippen LogP contribution is 2.21. The summed E-state index contributed by atoms with van der Waals surface area (Å²) in [5.41, 5.74) is 0. The van der Waals surface area contributed by atoms with Gasteiger partial charge in [-0.15, -0.1) is 11.8 Å². The first-order valence-electron chi connectivity index (χ1n) is 5.34. The van der Waals surface area contributed by atoms with Crippen LogP contribution < -0.4 is 5.32 Å². The molecule has 2 fully saturated rings. The summed E-state index contributed by atoms with van der Waals surface area (Å²) in [5, 5.41) is 3.33. The van der Waals surface area contributed by atoms with Gasteiger partial charge >= 0.3 is 0 Å². The van der Waals surface area contributed by atoms with E-state index in [9.17, 15) is 9.59 Å². The molecular formula is C10H16N2O2S. The van der Waals surface area contributed by atoms with E-state index >= 15 is 0 Å². The van der Waals surface area contributed by atoms with Crippen molar-refractivity contribution in [3.63, 3.8) is 0 Å². The molecule has 0 aromatic carbocycles. The molecule has 0 saturated carbocycles. The van der Waals surface area contributed by atoms with Gasteiger partial charge in [-0.25, -0.2) is 0 Å². The van der Waals surface area contributed by atoms with Crippen LogP contribution in [0, 0.1) is 0 Å². The Bertz CT molecular complexity index is 267. The van der Waals surface area contributed by atoms with Crippen molar-refractivity contribution in [2.45, 2.75) is 31.8 Å². The molecule has 2 unspecified atom stereocenters. The van der Waals surface area contributed by atoms with E-state index in [0.717, 1.165) is 19.4 Å². The number of piperidine rings is 1. The number of carbonyl (C=O) groups is 2. The molecule has 0 bridgehead atoms. The molecule has 1 N–H and O–H groups in total. The van der Waals surface area contributed by atoms with Gasteiger partial charge in [-0.05, 0) is 26.3 Å². The van der Waals surface area contributed by atoms with Crippen LogP contribution >= 0.6 is 11.8 Å². The van der Waals surface area contributed by atoms with E-state index in [4.69, 9.17) is 0 Å². The topological polar surface area (TPSA) is 49.4 Å². The molecule has 2 heterocycles. The number of hydrogen-bond acceptors (Lipinski definition) is 4. The summed E-state index contributed by atoms with van der Waals surface area (Å²) in [6.45, 7) is 3.00. The van der Waals surface area contributed by atoms with Crippen LogP contribution in [-0.2, 0) is 9.59 Å². The van der Waals surface area contributed by atoms with Crippen molar-refractivity contribution in [3.8, 4) is 0 Å². The fraction of sp³-hybridized carbons (Fsp3) is 0.800. The van der Waals surface area contributed by atoms with E-state index in [-0.39, 0.29) is 17.9 Å². The van der Waals surface area contributed by atoms with Crippen LogP contribution in [-0.4, -0.2) is 46.8 Å². The summed E-state index contributed by atoms with van der Waals surface area (Å²) in [4.78, 5) is 24.9. The van der Waals surface area contributed by atoms with Crippen molar-refractivity contribution in [1.29, 1.82) is 0 Å². The lowest BCUT2D eigenvalue weighted by Gasteiger charge is -2.37. The number of carbonyl (C=O) groups excluding carboxylic acids is 2. The maximum atomic E-state index is 11.7. The van der Waals surface area contributed by atoms with E-state index in [1.54, 1.807) is 0 Å². The van der Waals surface area contributed by atoms with Gasteiger partial charge in [0.25, 0.3) is 0 Å². The fourth-order valence-corrected chi connectivity index (χ4v) is 2.98. The van der Waals surface area contributed by atoms with Gasteiger partial charge in [0.05, 0.1) is 11.5 Å². The first-order valence-corrected chi connectivity index (χ1v) is 6.50. The highest BCUT2D eigenvalue weighted by molar-refractivity contribution is 8.00. The van der Waals surface area contributed by atoms with E-state index in [1.807, 2.05) is 0 Å². The van der Waals surface area contributed by atoms with E-state index in [0.29, 0.717) is 17.5 Å². The molecule has 0 aromatic rings. The second kappa shape index (κ2) is 4.53. The van der Waals surface area contributed by atoms with Crippen molar-refractivity contribution in [1.82, 2.24) is 10.2 Å². The van der Waals surface area contributed by atoms with E-state index < -0.39 is 0 Å². The molecular weight excluding hydrogens is 212 g/mol. The second-order valence-corrected chi connectivity index (χ2v) is 5.17. The second-order valence-electron chi connectivity index (χ2n) is 4.18. The summed E-state index contributed by atoms with van der Waals surface area (Å²) in [5.74, 6) is 0.916. The van der Waals surface area contributed by atoms with Crippen molar-refractivity contribution in [2.75, 3.05) is 18.1 Å². The summed E-state index contributed by atoms with van der Waals surface area (Å²) in [6.07, 6.45) is 1.79. The minimum atomic E-state index is -0.00431. The molecule has 0 aromatic heterocycles. The summed E-state index contributed by atoms with van der Waals surface area (Å²) < 4.78 is 0. The molecule has 2 amide bonds. The number of nitrogens with zero attached hydrogens (tertiary/aromatic N) is 1. The summed E-state index contributed by atoms with van der Waals surface area (Å²) in [7, 11) is 0. The van der Waals surface area contributed by atoms with Crippen LogP contribution in [0.4, 0.5) is 0 Å². The minimum Gasteiger partial charge on any atom is -0.314 e. The predicted molar refractivity (Wildman–Crippen MR) is 59.7 cm³/mol. The van der Waals surface area contributed by atoms with Crippen LogP contribution in [0.5, 0.6) is 0 Å². The maximum absolute atomic E-state index is 11.7. The molecule has 2 aliphatic heterocycles. The lowest BCUT2D eigenvalue weighted by atomic mass is 9.99. The van der Waals surface area contributed by atoms with Crippen LogP contribution in [0.25, 0.3) is 0 Å². The molecule has 2 rings (SSSR count). The Balaban J connectivity index is 2.06. The smallest absolute Gasteiger partial charge is 0.239 e. The number of hydrogen-bond donors (Lipinski definition) is 1. The third-order valence-corrected chi connectivity index (χ3v) is 3.85. The molecule has 5 heteroatoms. The quantitative estimate of drug-likeness (QED) is 0.653. The van der Waals surface area contributed by atoms with Gasteiger partial charge in [-0.1, -0.05) is 0 Å². The van der Waals surface area contributed by atoms with Crippen molar-refractivity contribution in [3.05, 3.63) is 0 Å². The molecule has 2 saturated heterocycles. The molecule has 2 atom stereocenters. The molecule has 84 valence electrons. The van der Waals surface area contributed by atoms with Gasteiger partial charge in [-0.2, -0.15) is 0 Å². The molecule has 4 nitrogen and oxygen atoms in total. The number of rotatable bonds is 1. The Morgan fingerprint density at radius 3 is 2.60 bits per heavy atom. The van der Waals surface area contributed by atoms with Gasteiger partial charge < -0.3 is 5.32 Å². The predicted octanol–water partition coefficient (Wildman–Crippen LogP) is 0.229. The first kappa shape index (κ1) is 11.0. The SMILES string of the molecule is CC1CC(N2C(=O)CSCC2=O)CCN1. The third-order valence-electron chi connectivity index (χ3n) is 2.95. The van der Waals surface area contributed by atoms with Crippen molar-refractivity contribution in [2.24, 2.45) is 0 Å². The Kier molecular flexibility index (Phi) is 3.31. The number of imide groups is 1. The largest absolute Gasteiger partial charge is 0.314 e. The average Bonchev–Trinajstić information content (AvgIpc) is 2.17. The number of amides is 2. The Labute approximate surface area is 93.8 Å². The van der Waals surface area contributed by atoms with Crippen molar-refractivity contribution >= 4 is 23.6 Å². The Hall–Kier alpha value is -0.550. The van der Waals surface area contributed by atoms with Gasteiger partial charge in [0.15, 0.2) is 0 Å². The van der Waals surface area contributed by atoms with Gasteiger partial charge in [-0.3, -0.25) is 14.5 Å². The number of nitrogens with one attached hydrogen (secondary N) is 1. The first-order chi connectivity index (χ1) is 7.18. The Morgan fingerprint density at radius 2 is 2.00 bits per heavy atom. The standard InChI is InChI=1S/C10H16N2O2S/c1-7-4-8(2-3-11-7)12-9(13)5-15-6-10(12)14/h7-8,11H,2-6H2,1H3. The Morgan fingerprint density at radius 1 is 1.33 bits per heavy atom. The van der Waals surface area contributed by atoms with Crippen LogP contribution in [0.3, 0.4) is 0 Å². The lowest BCUT2D eigenvalue weighted by Crippen LogP contribution is -2.54. The van der Waals surface area contributed by atoms with Gasteiger partial charge in [0.2, 0.25) is 11.8 Å². The van der Waals surface area contributed by atoms with Crippen LogP contribution in [0.2, 0.25) is 0 Å². The zero-order valence-corrected chi connectivity index (χ0v) is 9.68. The zero-order valence-electron chi connectivity index (χ0n) is 8.86. The zero-order chi connectivity index (χ0) is 10.8. The van der Waals surface area contributed by atoms with Gasteiger partial charge in [0, 0.05) is 12.1 Å². The average molecular weight is 228 g/mol. The number of thioether (sulfide) groups is 1. The highest BCUT2D eigenvalue weighted by atomic mass is 32.2. The maximum Gasteiger partial charge on any atom is 0.239 e. The third kappa shape index (κ3) is 2.34. The fourth-order valence-electron chi connectivity index (χ4n) is 2.25.